The molecule has 1 aliphatic rings. The molecule has 0 unspecified atom stereocenters. The summed E-state index contributed by atoms with van der Waals surface area (Å²) in [7, 11) is 1.60. The zero-order chi connectivity index (χ0) is 16.1. The van der Waals surface area contributed by atoms with Gasteiger partial charge in [-0.05, 0) is 26.0 Å². The first-order valence-electron chi connectivity index (χ1n) is 7.58. The molecule has 1 saturated heterocycles. The molecule has 1 aromatic rings. The van der Waals surface area contributed by atoms with Gasteiger partial charge in [0.15, 0.2) is 0 Å². The highest BCUT2D eigenvalue weighted by molar-refractivity contribution is 5.97. The number of carbonyl (C=O) groups excluding carboxylic acids is 2. The van der Waals surface area contributed by atoms with Crippen molar-refractivity contribution in [3.63, 3.8) is 0 Å². The van der Waals surface area contributed by atoms with Gasteiger partial charge in [-0.2, -0.15) is 0 Å². The summed E-state index contributed by atoms with van der Waals surface area (Å²) in [5, 5.41) is 2.93. The Morgan fingerprint density at radius 3 is 2.77 bits per heavy atom. The number of benzene rings is 1. The van der Waals surface area contributed by atoms with Gasteiger partial charge >= 0.3 is 6.03 Å². The number of hydrogen-bond acceptors (Lipinski definition) is 3. The third kappa shape index (κ3) is 3.50. The second kappa shape index (κ2) is 7.15. The van der Waals surface area contributed by atoms with Crippen LogP contribution in [0.2, 0.25) is 0 Å². The molecule has 0 spiro atoms. The number of ether oxygens (including phenoxy) is 1. The Labute approximate surface area is 131 Å². The molecule has 3 amide bonds. The van der Waals surface area contributed by atoms with E-state index in [-0.39, 0.29) is 18.0 Å². The zero-order valence-electron chi connectivity index (χ0n) is 13.3. The highest BCUT2D eigenvalue weighted by Crippen LogP contribution is 2.25. The van der Waals surface area contributed by atoms with Gasteiger partial charge in [-0.15, -0.1) is 0 Å². The van der Waals surface area contributed by atoms with Gasteiger partial charge in [0.25, 0.3) is 0 Å². The van der Waals surface area contributed by atoms with Crippen LogP contribution in [0.15, 0.2) is 24.3 Å². The fourth-order valence-corrected chi connectivity index (χ4v) is 2.61. The molecule has 2 rings (SSSR count). The second-order valence-electron chi connectivity index (χ2n) is 5.23. The van der Waals surface area contributed by atoms with Crippen LogP contribution in [0.25, 0.3) is 0 Å². The Hall–Kier alpha value is -2.24. The first kappa shape index (κ1) is 16.1. The number of carbonyl (C=O) groups is 2. The normalized spacial score (nSPS) is 17.5. The van der Waals surface area contributed by atoms with Crippen molar-refractivity contribution in [2.24, 2.45) is 0 Å². The molecule has 1 atom stereocenters. The molecule has 1 N–H and O–H groups in total. The highest BCUT2D eigenvalue weighted by atomic mass is 16.5. The molecule has 0 radical (unpaired) electrons. The lowest BCUT2D eigenvalue weighted by atomic mass is 10.2. The van der Waals surface area contributed by atoms with Crippen molar-refractivity contribution < 1.29 is 14.3 Å². The fourth-order valence-electron chi connectivity index (χ4n) is 2.61. The summed E-state index contributed by atoms with van der Waals surface area (Å²) >= 11 is 0. The monoisotopic (exact) mass is 305 g/mol. The minimum absolute atomic E-state index is 0.0121. The lowest BCUT2D eigenvalue weighted by Crippen LogP contribution is -2.45. The van der Waals surface area contributed by atoms with Crippen LogP contribution >= 0.6 is 0 Å². The van der Waals surface area contributed by atoms with Crippen LogP contribution in [0.3, 0.4) is 0 Å². The number of methoxy groups -OCH3 is 1. The number of amides is 3. The maximum atomic E-state index is 12.2. The lowest BCUT2D eigenvalue weighted by Gasteiger charge is -2.22. The fraction of sp³-hybridized carbons (Fsp3) is 0.500. The van der Waals surface area contributed by atoms with Crippen molar-refractivity contribution in [3.8, 4) is 5.75 Å². The van der Waals surface area contributed by atoms with Gasteiger partial charge in [-0.3, -0.25) is 4.79 Å². The molecule has 1 aliphatic heterocycles. The van der Waals surface area contributed by atoms with E-state index in [2.05, 4.69) is 5.32 Å². The van der Waals surface area contributed by atoms with E-state index >= 15 is 0 Å². The third-order valence-corrected chi connectivity index (χ3v) is 3.87. The van der Waals surface area contributed by atoms with Gasteiger partial charge in [0.05, 0.1) is 13.2 Å². The predicted molar refractivity (Wildman–Crippen MR) is 85.2 cm³/mol. The average molecular weight is 305 g/mol. The molecule has 120 valence electrons. The Balaban J connectivity index is 2.03. The summed E-state index contributed by atoms with van der Waals surface area (Å²) in [6, 6.07) is 7.11. The summed E-state index contributed by atoms with van der Waals surface area (Å²) in [6.07, 6.45) is 0.324. The number of anilines is 1. The van der Waals surface area contributed by atoms with E-state index in [1.54, 1.807) is 16.9 Å². The van der Waals surface area contributed by atoms with Crippen LogP contribution in [0.1, 0.15) is 20.3 Å². The van der Waals surface area contributed by atoms with Crippen molar-refractivity contribution in [3.05, 3.63) is 24.3 Å². The number of hydrogen-bond donors (Lipinski definition) is 1. The van der Waals surface area contributed by atoms with Gasteiger partial charge in [0.2, 0.25) is 5.91 Å². The molecule has 6 heteroatoms. The van der Waals surface area contributed by atoms with E-state index in [0.717, 1.165) is 5.69 Å². The van der Waals surface area contributed by atoms with Crippen molar-refractivity contribution >= 4 is 17.6 Å². The molecule has 1 heterocycles. The van der Waals surface area contributed by atoms with E-state index in [1.807, 2.05) is 38.1 Å². The highest BCUT2D eigenvalue weighted by Gasteiger charge is 2.32. The van der Waals surface area contributed by atoms with E-state index < -0.39 is 0 Å². The molecule has 0 bridgehead atoms. The van der Waals surface area contributed by atoms with Crippen LogP contribution in [0.5, 0.6) is 5.75 Å². The average Bonchev–Trinajstić information content (AvgIpc) is 2.89. The standard InChI is InChI=1S/C16H23N3O3/c1-4-18(5-2)16(21)17-12-9-15(20)19(11-12)13-7-6-8-14(10-13)22-3/h6-8,10,12H,4-5,9,11H2,1-3H3,(H,17,21)/t12-/m0/s1. The molecule has 0 aromatic heterocycles. The van der Waals surface area contributed by atoms with Gasteiger partial charge in [0.1, 0.15) is 5.75 Å². The molecule has 0 saturated carbocycles. The minimum Gasteiger partial charge on any atom is -0.497 e. The summed E-state index contributed by atoms with van der Waals surface area (Å²) in [4.78, 5) is 27.7. The topological polar surface area (TPSA) is 61.9 Å². The maximum absolute atomic E-state index is 12.2. The molecular formula is C16H23N3O3. The van der Waals surface area contributed by atoms with Crippen molar-refractivity contribution in [1.82, 2.24) is 10.2 Å². The smallest absolute Gasteiger partial charge is 0.317 e. The molecular weight excluding hydrogens is 282 g/mol. The minimum atomic E-state index is -0.160. The summed E-state index contributed by atoms with van der Waals surface area (Å²) in [6.45, 7) is 5.67. The lowest BCUT2D eigenvalue weighted by molar-refractivity contribution is -0.117. The summed E-state index contributed by atoms with van der Waals surface area (Å²) < 4.78 is 5.19. The SMILES string of the molecule is CCN(CC)C(=O)N[C@H]1CC(=O)N(c2cccc(OC)c2)C1. The van der Waals surface area contributed by atoms with E-state index in [0.29, 0.717) is 31.8 Å². The summed E-state index contributed by atoms with van der Waals surface area (Å²) in [5.41, 5.74) is 0.795. The van der Waals surface area contributed by atoms with E-state index in [4.69, 9.17) is 4.74 Å². The summed E-state index contributed by atoms with van der Waals surface area (Å²) in [5.74, 6) is 0.721. The number of urea groups is 1. The van der Waals surface area contributed by atoms with Crippen LogP contribution in [-0.4, -0.2) is 49.6 Å². The predicted octanol–water partition coefficient (Wildman–Crippen LogP) is 1.85. The quantitative estimate of drug-likeness (QED) is 0.903. The molecule has 22 heavy (non-hydrogen) atoms. The van der Waals surface area contributed by atoms with Gasteiger partial charge in [-0.25, -0.2) is 4.79 Å². The van der Waals surface area contributed by atoms with Crippen molar-refractivity contribution in [2.75, 3.05) is 31.6 Å². The first-order valence-corrected chi connectivity index (χ1v) is 7.58. The Bertz CT molecular complexity index is 543. The van der Waals surface area contributed by atoms with Crippen LogP contribution in [-0.2, 0) is 4.79 Å². The molecule has 0 aliphatic carbocycles. The second-order valence-corrected chi connectivity index (χ2v) is 5.23. The molecule has 1 fully saturated rings. The number of rotatable bonds is 5. The number of nitrogens with zero attached hydrogens (tertiary/aromatic N) is 2. The van der Waals surface area contributed by atoms with Crippen LogP contribution < -0.4 is 15.0 Å². The molecule has 1 aromatic carbocycles. The van der Waals surface area contributed by atoms with Gasteiger partial charge < -0.3 is 19.9 Å². The van der Waals surface area contributed by atoms with Gasteiger partial charge in [-0.1, -0.05) is 6.07 Å². The van der Waals surface area contributed by atoms with Crippen LogP contribution in [0.4, 0.5) is 10.5 Å². The number of nitrogens with one attached hydrogen (secondary N) is 1. The van der Waals surface area contributed by atoms with Gasteiger partial charge in [0, 0.05) is 37.8 Å². The Kier molecular flexibility index (Phi) is 5.25. The van der Waals surface area contributed by atoms with Crippen molar-refractivity contribution in [2.45, 2.75) is 26.3 Å². The molecule has 6 nitrogen and oxygen atoms in total. The third-order valence-electron chi connectivity index (χ3n) is 3.87. The first-order chi connectivity index (χ1) is 10.6. The largest absolute Gasteiger partial charge is 0.497 e. The van der Waals surface area contributed by atoms with Crippen molar-refractivity contribution in [1.29, 1.82) is 0 Å². The Morgan fingerprint density at radius 1 is 1.41 bits per heavy atom. The van der Waals surface area contributed by atoms with E-state index in [9.17, 15) is 9.59 Å². The van der Waals surface area contributed by atoms with E-state index in [1.165, 1.54) is 0 Å². The van der Waals surface area contributed by atoms with Crippen LogP contribution in [0, 0.1) is 0 Å². The zero-order valence-corrected chi connectivity index (χ0v) is 13.3. The Morgan fingerprint density at radius 2 is 2.14 bits per heavy atom. The maximum Gasteiger partial charge on any atom is 0.317 e.